The van der Waals surface area contributed by atoms with Gasteiger partial charge in [-0.3, -0.25) is 92.3 Å². The molecule has 2 fully saturated rings. The Morgan fingerprint density at radius 3 is 1.47 bits per heavy atom. The summed E-state index contributed by atoms with van der Waals surface area (Å²) in [6.45, 7) is -3.49. The third-order valence-corrected chi connectivity index (χ3v) is 17.8. The number of phenolic OH excluding ortho intramolecular Hbond substituents is 1. The number of aliphatic hydroxyl groups is 3. The van der Waals surface area contributed by atoms with E-state index in [4.69, 9.17) is 33.8 Å². The van der Waals surface area contributed by atoms with Gasteiger partial charge in [-0.15, -0.1) is 0 Å². The fourth-order valence-electron chi connectivity index (χ4n) is 11.6. The van der Waals surface area contributed by atoms with Crippen molar-refractivity contribution in [3.8, 4) is 5.75 Å². The normalized spacial score (nSPS) is 16.3. The van der Waals surface area contributed by atoms with E-state index in [1.165, 1.54) is 36.8 Å². The highest BCUT2D eigenvalue weighted by molar-refractivity contribution is 6.01. The number of amides is 16. The number of aromatic hydroxyl groups is 1. The standard InChI is InChI=1S/C67H103N25O24/c1-32(53(103)78-27-51(100)82-44(28-93)61(111)90-45(29-94)62(112)85-39(14-16-48(68)97)57(107)87-42(23-34-25-74-31-80-34)59(109)86-40(65(115)116)15-17-49(69)98)81-50(99)26-79-54(104)37(7-3-19-76-66(70)71)83-56(106)38(8-4-20-77-67(72)73)84-60(110)43(24-52(101)102)88-58(108)41(22-33-10-12-35(96)13-11-33)89-63(113)47-9-5-21-92(47)64(114)46(30-95)91-55(105)36-6-2-18-75-36/h10-13,25,31-32,36-47,75,93-96H,2-9,14-24,26-30H2,1H3,(H2,68,97)(H2,69,98)(H,74,80)(H,78,103)(H,79,104)(H,81,99)(H,82,100)(H,83,106)(H,84,110)(H,85,112)(H,86,109)(H,87,107)(H,88,108)(H,89,113)(H,90,111)(H,91,105)(H,101,102)(H,115,116)(H4,70,71,76)(H4,72,73,77)/t32-,36-,37-,38-,39-,40-,41-,42-,43-,44-,45-,46-,47-/m0/s1. The summed E-state index contributed by atoms with van der Waals surface area (Å²) in [5.74, 6) is -21.2. The first kappa shape index (κ1) is 95.4. The van der Waals surface area contributed by atoms with Crippen molar-refractivity contribution in [3.05, 3.63) is 48.0 Å². The molecule has 49 heteroatoms. The van der Waals surface area contributed by atoms with Crippen LogP contribution in [0, 0.1) is 10.8 Å². The molecule has 13 atom stereocenters. The van der Waals surface area contributed by atoms with Crippen LogP contribution in [0.25, 0.3) is 0 Å². The monoisotopic (exact) mass is 1640 g/mol. The first-order valence-electron chi connectivity index (χ1n) is 36.6. The number of nitrogens with two attached hydrogens (primary N) is 4. The molecule has 4 rings (SSSR count). The molecular weight excluding hydrogens is 1540 g/mol. The SMILES string of the molecule is C[C@H](NC(=O)CNC(=O)[C@H](CCCNC(=N)N)NC(=O)[C@H](CCCNC(=N)N)NC(=O)[C@H](CC(=O)O)NC(=O)[C@H](Cc1ccc(O)cc1)NC(=O)[C@@H]1CCCN1C(=O)[C@H](CO)NC(=O)[C@@H]1CCCN1)C(=O)NCC(=O)N[C@@H](CO)C(=O)N[C@@H](CO)C(=O)N[C@@H](CCC(N)=O)C(=O)N[C@@H](Cc1cnc[nH]1)C(=O)N[C@@H](CCC(N)=O)C(=O)O. The van der Waals surface area contributed by atoms with Gasteiger partial charge >= 0.3 is 11.9 Å². The van der Waals surface area contributed by atoms with Crippen LogP contribution < -0.4 is 108 Å². The zero-order valence-corrected chi connectivity index (χ0v) is 63.2. The Hall–Kier alpha value is -12.9. The quantitative estimate of drug-likeness (QED) is 0.0166. The lowest BCUT2D eigenvalue weighted by molar-refractivity contribution is -0.143. The van der Waals surface area contributed by atoms with Crippen LogP contribution in [-0.4, -0.2) is 302 Å². The van der Waals surface area contributed by atoms with E-state index in [1.54, 1.807) is 0 Å². The number of aliphatic hydroxyl groups excluding tert-OH is 3. The summed E-state index contributed by atoms with van der Waals surface area (Å²) in [5.41, 5.74) is 21.9. The van der Waals surface area contributed by atoms with Crippen molar-refractivity contribution in [2.45, 2.75) is 182 Å². The van der Waals surface area contributed by atoms with E-state index in [1.807, 2.05) is 5.32 Å². The van der Waals surface area contributed by atoms with Crippen LogP contribution in [0.3, 0.4) is 0 Å². The number of benzene rings is 1. The van der Waals surface area contributed by atoms with Gasteiger partial charge in [-0.1, -0.05) is 12.1 Å². The Kier molecular flexibility index (Phi) is 40.2. The van der Waals surface area contributed by atoms with Crippen LogP contribution in [0.2, 0.25) is 0 Å². The molecule has 1 aromatic heterocycles. The van der Waals surface area contributed by atoms with E-state index >= 15 is 0 Å². The fraction of sp³-hybridized carbons (Fsp3) is 0.567. The zero-order valence-electron chi connectivity index (χ0n) is 63.2. The minimum Gasteiger partial charge on any atom is -0.508 e. The number of imidazole rings is 1. The molecule has 0 unspecified atom stereocenters. The molecule has 49 nitrogen and oxygen atoms in total. The number of nitrogens with zero attached hydrogens (tertiary/aromatic N) is 2. The Morgan fingerprint density at radius 1 is 0.509 bits per heavy atom. The number of phenols is 1. The molecule has 2 aliphatic heterocycles. The molecule has 0 aliphatic carbocycles. The first-order valence-corrected chi connectivity index (χ1v) is 36.6. The molecule has 116 heavy (non-hydrogen) atoms. The number of aliphatic carboxylic acids is 2. The molecule has 1 aromatic carbocycles. The molecule has 2 aromatic rings. The second-order valence-corrected chi connectivity index (χ2v) is 26.8. The molecule has 16 amide bonds. The van der Waals surface area contributed by atoms with E-state index < -0.39 is 262 Å². The Labute approximate surface area is 661 Å². The Morgan fingerprint density at radius 2 is 0.966 bits per heavy atom. The number of hydrogen-bond acceptors (Lipinski definition) is 26. The predicted molar refractivity (Wildman–Crippen MR) is 399 cm³/mol. The van der Waals surface area contributed by atoms with Gasteiger partial charge in [0.2, 0.25) is 94.5 Å². The summed E-state index contributed by atoms with van der Waals surface area (Å²) in [7, 11) is 0. The molecule has 33 N–H and O–H groups in total. The van der Waals surface area contributed by atoms with Crippen molar-refractivity contribution in [1.82, 2.24) is 99.9 Å². The molecule has 3 heterocycles. The highest BCUT2D eigenvalue weighted by Gasteiger charge is 2.42. The number of aromatic amines is 1. The van der Waals surface area contributed by atoms with Gasteiger partial charge < -0.3 is 149 Å². The molecular formula is C67H103N25O24. The zero-order chi connectivity index (χ0) is 86.3. The maximum atomic E-state index is 14.4. The molecule has 0 saturated carbocycles. The van der Waals surface area contributed by atoms with Crippen molar-refractivity contribution in [2.75, 3.05) is 59.1 Å². The highest BCUT2D eigenvalue weighted by atomic mass is 16.4. The van der Waals surface area contributed by atoms with Gasteiger partial charge in [-0.25, -0.2) is 9.78 Å². The van der Waals surface area contributed by atoms with Crippen LogP contribution in [0.15, 0.2) is 36.8 Å². The van der Waals surface area contributed by atoms with E-state index in [0.717, 1.165) is 11.8 Å². The number of carboxylic acids is 2. The molecule has 0 bridgehead atoms. The average molecular weight is 1640 g/mol. The van der Waals surface area contributed by atoms with Gasteiger partial charge in [0.25, 0.3) is 0 Å². The number of aromatic nitrogens is 2. The number of hydrogen-bond donors (Lipinski definition) is 29. The van der Waals surface area contributed by atoms with Crippen molar-refractivity contribution in [2.24, 2.45) is 22.9 Å². The summed E-state index contributed by atoms with van der Waals surface area (Å²) >= 11 is 0. The lowest BCUT2D eigenvalue weighted by Gasteiger charge is -2.30. The number of carbonyl (C=O) groups is 18. The Bertz CT molecular complexity index is 3810. The number of rotatable bonds is 51. The third-order valence-electron chi connectivity index (χ3n) is 17.8. The van der Waals surface area contributed by atoms with E-state index in [0.29, 0.717) is 24.9 Å². The molecule has 0 radical (unpaired) electrons. The van der Waals surface area contributed by atoms with Gasteiger partial charge in [0.15, 0.2) is 11.9 Å². The van der Waals surface area contributed by atoms with E-state index in [9.17, 15) is 117 Å². The Balaban J connectivity index is 1.42. The van der Waals surface area contributed by atoms with Crippen LogP contribution >= 0.6 is 0 Å². The fourth-order valence-corrected chi connectivity index (χ4v) is 11.6. The number of carboxylic acid groups (broad SMARTS) is 2. The number of guanidine groups is 2. The largest absolute Gasteiger partial charge is 0.508 e. The van der Waals surface area contributed by atoms with Crippen molar-refractivity contribution in [1.29, 1.82) is 10.8 Å². The van der Waals surface area contributed by atoms with E-state index in [2.05, 4.69) is 89.7 Å². The smallest absolute Gasteiger partial charge is 0.326 e. The minimum atomic E-state index is -2.03. The lowest BCUT2D eigenvalue weighted by atomic mass is 10.0. The van der Waals surface area contributed by atoms with Gasteiger partial charge in [0.1, 0.15) is 78.3 Å². The average Bonchev–Trinajstić information content (AvgIpc) is 1.20. The second kappa shape index (κ2) is 48.9. The summed E-state index contributed by atoms with van der Waals surface area (Å²) in [6, 6.07) is -15.4. The van der Waals surface area contributed by atoms with Crippen LogP contribution in [0.1, 0.15) is 102 Å². The first-order chi connectivity index (χ1) is 54.9. The number of carbonyl (C=O) groups excluding carboxylic acids is 16. The van der Waals surface area contributed by atoms with Crippen LogP contribution in [-0.2, 0) is 99.1 Å². The molecule has 2 aliphatic rings. The topological polar surface area (TPSA) is 805 Å². The maximum Gasteiger partial charge on any atom is 0.326 e. The van der Waals surface area contributed by atoms with Crippen molar-refractivity contribution in [3.63, 3.8) is 0 Å². The van der Waals surface area contributed by atoms with Gasteiger partial charge in [0, 0.05) is 57.2 Å². The maximum absolute atomic E-state index is 14.4. The van der Waals surface area contributed by atoms with Gasteiger partial charge in [0.05, 0.1) is 51.7 Å². The number of likely N-dealkylation sites (tertiary alicyclic amines) is 1. The van der Waals surface area contributed by atoms with E-state index in [-0.39, 0.29) is 82.4 Å². The minimum absolute atomic E-state index is 0.00775. The third kappa shape index (κ3) is 33.8. The summed E-state index contributed by atoms with van der Waals surface area (Å²) in [4.78, 5) is 247. The van der Waals surface area contributed by atoms with Gasteiger partial charge in [-0.05, 0) is 95.4 Å². The number of nitrogens with one attached hydrogen (secondary N) is 19. The second-order valence-electron chi connectivity index (χ2n) is 26.8. The lowest BCUT2D eigenvalue weighted by Crippen LogP contribution is -2.60. The van der Waals surface area contributed by atoms with Crippen LogP contribution in [0.4, 0.5) is 0 Å². The summed E-state index contributed by atoms with van der Waals surface area (Å²) in [6.07, 6.45) is -0.559. The summed E-state index contributed by atoms with van der Waals surface area (Å²) in [5, 5.41) is 113. The molecule has 640 valence electrons. The number of primary amides is 2. The van der Waals surface area contributed by atoms with Crippen molar-refractivity contribution >= 4 is 118 Å². The van der Waals surface area contributed by atoms with Gasteiger partial charge in [-0.2, -0.15) is 0 Å². The van der Waals surface area contributed by atoms with Crippen LogP contribution in [0.5, 0.6) is 5.75 Å². The highest BCUT2D eigenvalue weighted by Crippen LogP contribution is 2.21. The van der Waals surface area contributed by atoms with Crippen molar-refractivity contribution < 1.29 is 117 Å². The molecule has 0 spiro atoms. The molecule has 2 saturated heterocycles. The predicted octanol–water partition coefficient (Wildman–Crippen LogP) is -13.2. The number of H-pyrrole nitrogens is 1. The summed E-state index contributed by atoms with van der Waals surface area (Å²) < 4.78 is 0.